The fourth-order valence-corrected chi connectivity index (χ4v) is 1.22. The molecule has 0 spiro atoms. The third-order valence-corrected chi connectivity index (χ3v) is 2.03. The van der Waals surface area contributed by atoms with Gasteiger partial charge >= 0.3 is 0 Å². The van der Waals surface area contributed by atoms with Crippen LogP contribution in [0.3, 0.4) is 0 Å². The third-order valence-electron chi connectivity index (χ3n) is 2.03. The molecule has 0 bridgehead atoms. The average molecular weight is 204 g/mol. The molecule has 0 aromatic heterocycles. The van der Waals surface area contributed by atoms with Gasteiger partial charge in [-0.05, 0) is 18.6 Å². The van der Waals surface area contributed by atoms with Crippen molar-refractivity contribution in [2.24, 2.45) is 4.99 Å². The van der Waals surface area contributed by atoms with Crippen molar-refractivity contribution in [2.75, 3.05) is 0 Å². The highest BCUT2D eigenvalue weighted by Gasteiger charge is 2.24. The average Bonchev–Trinajstić information content (AvgIpc) is 2.22. The molecule has 0 fully saturated rings. The van der Waals surface area contributed by atoms with E-state index in [4.69, 9.17) is 5.26 Å². The van der Waals surface area contributed by atoms with Gasteiger partial charge in [0.1, 0.15) is 5.82 Å². The molecule has 0 aliphatic carbocycles. The van der Waals surface area contributed by atoms with Gasteiger partial charge in [-0.2, -0.15) is 10.3 Å². The first-order valence-corrected chi connectivity index (χ1v) is 4.35. The largest absolute Gasteiger partial charge is 0.236 e. The first kappa shape index (κ1) is 11.1. The second-order valence-electron chi connectivity index (χ2n) is 3.36. The van der Waals surface area contributed by atoms with E-state index < -0.39 is 11.4 Å². The minimum atomic E-state index is -1.25. The van der Waals surface area contributed by atoms with E-state index in [1.807, 2.05) is 6.07 Å². The van der Waals surface area contributed by atoms with Crippen molar-refractivity contribution in [3.05, 3.63) is 35.6 Å². The predicted octanol–water partition coefficient (Wildman–Crippen LogP) is 1.99. The van der Waals surface area contributed by atoms with Gasteiger partial charge in [0, 0.05) is 6.42 Å². The lowest BCUT2D eigenvalue weighted by atomic mass is 9.95. The number of hydrogen-bond donors (Lipinski definition) is 0. The number of benzene rings is 1. The topological polar surface area (TPSA) is 53.2 Å². The van der Waals surface area contributed by atoms with Crippen molar-refractivity contribution < 1.29 is 9.18 Å². The van der Waals surface area contributed by atoms with E-state index in [2.05, 4.69) is 4.99 Å². The first-order chi connectivity index (χ1) is 7.11. The van der Waals surface area contributed by atoms with Crippen LogP contribution in [0, 0.1) is 17.1 Å². The van der Waals surface area contributed by atoms with Crippen LogP contribution < -0.4 is 0 Å². The number of nitriles is 1. The maximum Gasteiger partial charge on any atom is 0.236 e. The Kier molecular flexibility index (Phi) is 3.33. The van der Waals surface area contributed by atoms with Gasteiger partial charge in [0.2, 0.25) is 6.08 Å². The van der Waals surface area contributed by atoms with Crippen molar-refractivity contribution in [3.63, 3.8) is 0 Å². The van der Waals surface area contributed by atoms with Crippen LogP contribution in [0.25, 0.3) is 0 Å². The van der Waals surface area contributed by atoms with E-state index >= 15 is 0 Å². The molecule has 0 amide bonds. The number of carbonyl (C=O) groups excluding carboxylic acids is 1. The van der Waals surface area contributed by atoms with E-state index in [1.54, 1.807) is 18.2 Å². The fraction of sp³-hybridized carbons (Fsp3) is 0.273. The van der Waals surface area contributed by atoms with E-state index in [0.717, 1.165) is 0 Å². The molecule has 0 aliphatic rings. The maximum atomic E-state index is 13.2. The molecule has 1 rings (SSSR count). The molecule has 3 nitrogen and oxygen atoms in total. The van der Waals surface area contributed by atoms with Gasteiger partial charge < -0.3 is 0 Å². The summed E-state index contributed by atoms with van der Waals surface area (Å²) in [6.45, 7) is 1.46. The van der Waals surface area contributed by atoms with E-state index in [1.165, 1.54) is 19.1 Å². The van der Waals surface area contributed by atoms with Crippen LogP contribution in [0.4, 0.5) is 4.39 Å². The minimum absolute atomic E-state index is 0.0609. The molecule has 1 aromatic rings. The lowest BCUT2D eigenvalue weighted by Crippen LogP contribution is -2.23. The van der Waals surface area contributed by atoms with E-state index in [-0.39, 0.29) is 6.42 Å². The highest BCUT2D eigenvalue weighted by molar-refractivity contribution is 5.37. The lowest BCUT2D eigenvalue weighted by Gasteiger charge is -2.14. The molecular weight excluding hydrogens is 195 g/mol. The summed E-state index contributed by atoms with van der Waals surface area (Å²) in [5.74, 6) is -0.403. The van der Waals surface area contributed by atoms with Gasteiger partial charge in [0.15, 0.2) is 5.54 Å². The number of nitrogens with zero attached hydrogens (tertiary/aromatic N) is 2. The SMILES string of the molecule is CC(C#N)(Cc1ccccc1F)N=C=O. The first-order valence-electron chi connectivity index (χ1n) is 4.35. The summed E-state index contributed by atoms with van der Waals surface area (Å²) in [5, 5.41) is 8.82. The molecule has 0 aliphatic heterocycles. The number of isocyanates is 1. The van der Waals surface area contributed by atoms with Crippen LogP contribution >= 0.6 is 0 Å². The Hall–Kier alpha value is -1.98. The lowest BCUT2D eigenvalue weighted by molar-refractivity contribution is 0.530. The highest BCUT2D eigenvalue weighted by atomic mass is 19.1. The molecule has 1 unspecified atom stereocenters. The smallest absolute Gasteiger partial charge is 0.211 e. The van der Waals surface area contributed by atoms with Crippen LogP contribution in [0.2, 0.25) is 0 Å². The number of halogens is 1. The second kappa shape index (κ2) is 4.50. The summed E-state index contributed by atoms with van der Waals surface area (Å²) in [6.07, 6.45) is 1.39. The van der Waals surface area contributed by atoms with Gasteiger partial charge in [-0.3, -0.25) is 0 Å². The van der Waals surface area contributed by atoms with Gasteiger partial charge in [-0.15, -0.1) is 0 Å². The van der Waals surface area contributed by atoms with Crippen molar-refractivity contribution >= 4 is 6.08 Å². The van der Waals surface area contributed by atoms with Crippen LogP contribution in [-0.4, -0.2) is 11.6 Å². The Morgan fingerprint density at radius 1 is 1.53 bits per heavy atom. The zero-order valence-electron chi connectivity index (χ0n) is 8.20. The Morgan fingerprint density at radius 2 is 2.20 bits per heavy atom. The van der Waals surface area contributed by atoms with Crippen molar-refractivity contribution in [1.29, 1.82) is 5.26 Å². The molecule has 0 heterocycles. The van der Waals surface area contributed by atoms with Gasteiger partial charge in [-0.25, -0.2) is 9.18 Å². The number of hydrogen-bond acceptors (Lipinski definition) is 3. The Morgan fingerprint density at radius 3 is 2.73 bits per heavy atom. The Balaban J connectivity index is 3.00. The molecule has 0 saturated carbocycles. The fourth-order valence-electron chi connectivity index (χ4n) is 1.22. The van der Waals surface area contributed by atoms with Crippen LogP contribution in [0.5, 0.6) is 0 Å². The van der Waals surface area contributed by atoms with Gasteiger partial charge in [0.05, 0.1) is 6.07 Å². The minimum Gasteiger partial charge on any atom is -0.211 e. The quantitative estimate of drug-likeness (QED) is 0.558. The van der Waals surface area contributed by atoms with Crippen molar-refractivity contribution in [2.45, 2.75) is 18.9 Å². The monoisotopic (exact) mass is 204 g/mol. The zero-order chi connectivity index (χ0) is 11.3. The summed E-state index contributed by atoms with van der Waals surface area (Å²) in [4.78, 5) is 13.5. The van der Waals surface area contributed by atoms with Crippen molar-refractivity contribution in [3.8, 4) is 6.07 Å². The maximum absolute atomic E-state index is 13.2. The number of rotatable bonds is 3. The van der Waals surface area contributed by atoms with Gasteiger partial charge in [-0.1, -0.05) is 18.2 Å². The van der Waals surface area contributed by atoms with Crippen LogP contribution in [0.15, 0.2) is 29.3 Å². The summed E-state index contributed by atoms with van der Waals surface area (Å²) in [7, 11) is 0. The molecule has 15 heavy (non-hydrogen) atoms. The van der Waals surface area contributed by atoms with Gasteiger partial charge in [0.25, 0.3) is 0 Å². The molecule has 0 radical (unpaired) electrons. The molecule has 0 N–H and O–H groups in total. The molecule has 76 valence electrons. The summed E-state index contributed by atoms with van der Waals surface area (Å²) in [6, 6.07) is 7.95. The van der Waals surface area contributed by atoms with E-state index in [0.29, 0.717) is 5.56 Å². The molecule has 1 aromatic carbocycles. The highest BCUT2D eigenvalue weighted by Crippen LogP contribution is 2.18. The van der Waals surface area contributed by atoms with Crippen molar-refractivity contribution in [1.82, 2.24) is 0 Å². The standard InChI is InChI=1S/C11H9FN2O/c1-11(7-13,14-8-15)6-9-4-2-3-5-10(9)12/h2-5H,6H2,1H3. The van der Waals surface area contributed by atoms with E-state index in [9.17, 15) is 9.18 Å². The third kappa shape index (κ3) is 2.73. The van der Waals surface area contributed by atoms with Crippen LogP contribution in [-0.2, 0) is 11.2 Å². The summed E-state index contributed by atoms with van der Waals surface area (Å²) >= 11 is 0. The molecule has 1 atom stereocenters. The predicted molar refractivity (Wildman–Crippen MR) is 52.2 cm³/mol. The Bertz CT molecular complexity index is 446. The molecular formula is C11H9FN2O. The molecule has 4 heteroatoms. The zero-order valence-corrected chi connectivity index (χ0v) is 8.20. The number of aliphatic imine (C=N–C) groups is 1. The summed E-state index contributed by atoms with van der Waals surface area (Å²) in [5.41, 5.74) is -0.884. The van der Waals surface area contributed by atoms with Crippen LogP contribution in [0.1, 0.15) is 12.5 Å². The summed E-state index contributed by atoms with van der Waals surface area (Å²) < 4.78 is 13.2. The second-order valence-corrected chi connectivity index (χ2v) is 3.36. The Labute approximate surface area is 86.9 Å². The normalized spacial score (nSPS) is 13.4. The molecule has 0 saturated heterocycles.